The van der Waals surface area contributed by atoms with Gasteiger partial charge in [-0.2, -0.15) is 0 Å². The third-order valence-corrected chi connectivity index (χ3v) is 5.25. The molecule has 3 heterocycles. The third kappa shape index (κ3) is 3.31. The number of hydrogen-bond acceptors (Lipinski definition) is 5. The van der Waals surface area contributed by atoms with Gasteiger partial charge in [0.15, 0.2) is 0 Å². The maximum absolute atomic E-state index is 12.9. The van der Waals surface area contributed by atoms with Gasteiger partial charge in [0.1, 0.15) is 6.33 Å². The van der Waals surface area contributed by atoms with E-state index in [0.717, 1.165) is 35.8 Å². The fraction of sp³-hybridized carbons (Fsp3) is 0.182. The van der Waals surface area contributed by atoms with Crippen molar-refractivity contribution in [1.82, 2.24) is 24.4 Å². The molecule has 0 atom stereocenters. The summed E-state index contributed by atoms with van der Waals surface area (Å²) in [5.41, 5.74) is 3.68. The minimum absolute atomic E-state index is 0.0562. The van der Waals surface area contributed by atoms with Gasteiger partial charge in [0.25, 0.3) is 5.91 Å². The molecule has 1 aliphatic rings. The second kappa shape index (κ2) is 7.35. The standard InChI is InChI=1S/C22H20N6O/c29-21(26-12-14-27(15-13-26)22-23-10-3-11-24-22)17-6-8-18(9-7-17)28-16-25-19-4-1-2-5-20(19)28/h1-11,16H,12-15H2. The molecule has 0 aliphatic carbocycles. The van der Waals surface area contributed by atoms with Crippen LogP contribution in [0.1, 0.15) is 10.4 Å². The molecule has 4 aromatic rings. The van der Waals surface area contributed by atoms with Crippen LogP contribution in [0.2, 0.25) is 0 Å². The summed E-state index contributed by atoms with van der Waals surface area (Å²) in [6, 6.07) is 17.5. The van der Waals surface area contributed by atoms with Crippen LogP contribution in [-0.4, -0.2) is 56.5 Å². The molecule has 0 spiro atoms. The van der Waals surface area contributed by atoms with Crippen LogP contribution in [0.15, 0.2) is 73.3 Å². The predicted octanol–water partition coefficient (Wildman–Crippen LogP) is 2.78. The Hall–Kier alpha value is -3.74. The summed E-state index contributed by atoms with van der Waals surface area (Å²) in [4.78, 5) is 29.9. The van der Waals surface area contributed by atoms with E-state index in [-0.39, 0.29) is 5.91 Å². The van der Waals surface area contributed by atoms with Gasteiger partial charge < -0.3 is 9.80 Å². The zero-order valence-electron chi connectivity index (χ0n) is 15.8. The Morgan fingerprint density at radius 1 is 0.793 bits per heavy atom. The lowest BCUT2D eigenvalue weighted by Crippen LogP contribution is -2.49. The lowest BCUT2D eigenvalue weighted by molar-refractivity contribution is 0.0746. The van der Waals surface area contributed by atoms with Crippen molar-refractivity contribution in [1.29, 1.82) is 0 Å². The van der Waals surface area contributed by atoms with Crippen LogP contribution in [0.4, 0.5) is 5.95 Å². The number of nitrogens with zero attached hydrogens (tertiary/aromatic N) is 6. The molecule has 7 heteroatoms. The number of para-hydroxylation sites is 2. The summed E-state index contributed by atoms with van der Waals surface area (Å²) in [5.74, 6) is 0.775. The zero-order chi connectivity index (χ0) is 19.6. The molecule has 5 rings (SSSR count). The fourth-order valence-electron chi connectivity index (χ4n) is 3.68. The number of hydrogen-bond donors (Lipinski definition) is 0. The smallest absolute Gasteiger partial charge is 0.253 e. The monoisotopic (exact) mass is 384 g/mol. The summed E-state index contributed by atoms with van der Waals surface area (Å²) in [6.07, 6.45) is 5.29. The second-order valence-electron chi connectivity index (χ2n) is 6.98. The minimum atomic E-state index is 0.0562. The average molecular weight is 384 g/mol. The van der Waals surface area contributed by atoms with Gasteiger partial charge in [-0.05, 0) is 42.5 Å². The van der Waals surface area contributed by atoms with Crippen molar-refractivity contribution in [2.45, 2.75) is 0 Å². The third-order valence-electron chi connectivity index (χ3n) is 5.25. The number of benzene rings is 2. The average Bonchev–Trinajstić information content (AvgIpc) is 3.24. The Bertz CT molecular complexity index is 1130. The predicted molar refractivity (Wildman–Crippen MR) is 111 cm³/mol. The number of imidazole rings is 1. The maximum Gasteiger partial charge on any atom is 0.253 e. The van der Waals surface area contributed by atoms with E-state index in [0.29, 0.717) is 18.7 Å². The Kier molecular flexibility index (Phi) is 4.40. The SMILES string of the molecule is O=C(c1ccc(-n2cnc3ccccc32)cc1)N1CCN(c2ncccn2)CC1. The van der Waals surface area contributed by atoms with E-state index in [1.165, 1.54) is 0 Å². The highest BCUT2D eigenvalue weighted by molar-refractivity contribution is 5.94. The number of carbonyl (C=O) groups is 1. The first-order valence-corrected chi connectivity index (χ1v) is 9.63. The lowest BCUT2D eigenvalue weighted by atomic mass is 10.1. The van der Waals surface area contributed by atoms with E-state index < -0.39 is 0 Å². The number of piperazine rings is 1. The van der Waals surface area contributed by atoms with E-state index in [2.05, 4.69) is 19.9 Å². The lowest BCUT2D eigenvalue weighted by Gasteiger charge is -2.34. The Morgan fingerprint density at radius 2 is 1.52 bits per heavy atom. The molecular formula is C22H20N6O. The molecule has 144 valence electrons. The van der Waals surface area contributed by atoms with Crippen LogP contribution in [-0.2, 0) is 0 Å². The first-order chi connectivity index (χ1) is 14.3. The van der Waals surface area contributed by atoms with Gasteiger partial charge in [-0.15, -0.1) is 0 Å². The summed E-state index contributed by atoms with van der Waals surface area (Å²) >= 11 is 0. The summed E-state index contributed by atoms with van der Waals surface area (Å²) in [5, 5.41) is 0. The number of anilines is 1. The van der Waals surface area contributed by atoms with Gasteiger partial charge in [-0.1, -0.05) is 12.1 Å². The Balaban J connectivity index is 1.29. The van der Waals surface area contributed by atoms with Crippen LogP contribution in [0, 0.1) is 0 Å². The summed E-state index contributed by atoms with van der Waals surface area (Å²) < 4.78 is 2.03. The normalized spacial score (nSPS) is 14.3. The molecular weight excluding hydrogens is 364 g/mol. The van der Waals surface area contributed by atoms with Crippen LogP contribution in [0.3, 0.4) is 0 Å². The Labute approximate surface area is 168 Å². The Morgan fingerprint density at radius 3 is 2.28 bits per heavy atom. The minimum Gasteiger partial charge on any atom is -0.337 e. The molecule has 0 N–H and O–H groups in total. The molecule has 1 aliphatic heterocycles. The van der Waals surface area contributed by atoms with E-state index in [1.807, 2.05) is 64.3 Å². The van der Waals surface area contributed by atoms with E-state index >= 15 is 0 Å². The number of carbonyl (C=O) groups excluding carboxylic acids is 1. The second-order valence-corrected chi connectivity index (χ2v) is 6.98. The number of aromatic nitrogens is 4. The van der Waals surface area contributed by atoms with Crippen molar-refractivity contribution in [3.05, 3.63) is 78.9 Å². The molecule has 0 bridgehead atoms. The fourth-order valence-corrected chi connectivity index (χ4v) is 3.68. The van der Waals surface area contributed by atoms with Crippen molar-refractivity contribution in [2.75, 3.05) is 31.1 Å². The maximum atomic E-state index is 12.9. The van der Waals surface area contributed by atoms with E-state index in [9.17, 15) is 4.79 Å². The molecule has 2 aromatic heterocycles. The van der Waals surface area contributed by atoms with Gasteiger partial charge in [-0.25, -0.2) is 15.0 Å². The first kappa shape index (κ1) is 17.4. The highest BCUT2D eigenvalue weighted by Crippen LogP contribution is 2.19. The van der Waals surface area contributed by atoms with Crippen LogP contribution >= 0.6 is 0 Å². The zero-order valence-corrected chi connectivity index (χ0v) is 15.8. The number of amides is 1. The first-order valence-electron chi connectivity index (χ1n) is 9.63. The molecule has 1 fully saturated rings. The molecule has 1 amide bonds. The highest BCUT2D eigenvalue weighted by atomic mass is 16.2. The number of fused-ring (bicyclic) bond motifs is 1. The summed E-state index contributed by atoms with van der Waals surface area (Å²) in [6.45, 7) is 2.78. The van der Waals surface area contributed by atoms with Crippen molar-refractivity contribution in [2.24, 2.45) is 0 Å². The largest absolute Gasteiger partial charge is 0.337 e. The molecule has 0 radical (unpaired) electrons. The van der Waals surface area contributed by atoms with Crippen LogP contribution in [0.5, 0.6) is 0 Å². The summed E-state index contributed by atoms with van der Waals surface area (Å²) in [7, 11) is 0. The van der Waals surface area contributed by atoms with Gasteiger partial charge in [0, 0.05) is 49.8 Å². The van der Waals surface area contributed by atoms with Gasteiger partial charge in [0.2, 0.25) is 5.95 Å². The molecule has 2 aromatic carbocycles. The van der Waals surface area contributed by atoms with Crippen LogP contribution < -0.4 is 4.90 Å². The topological polar surface area (TPSA) is 67.2 Å². The molecule has 0 unspecified atom stereocenters. The molecule has 0 saturated carbocycles. The molecule has 1 saturated heterocycles. The van der Waals surface area contributed by atoms with E-state index in [1.54, 1.807) is 18.5 Å². The van der Waals surface area contributed by atoms with Gasteiger partial charge in [0.05, 0.1) is 11.0 Å². The van der Waals surface area contributed by atoms with Crippen molar-refractivity contribution < 1.29 is 4.79 Å². The highest BCUT2D eigenvalue weighted by Gasteiger charge is 2.23. The quantitative estimate of drug-likeness (QED) is 0.543. The van der Waals surface area contributed by atoms with Gasteiger partial charge in [-0.3, -0.25) is 9.36 Å². The van der Waals surface area contributed by atoms with E-state index in [4.69, 9.17) is 0 Å². The van der Waals surface area contributed by atoms with Gasteiger partial charge >= 0.3 is 0 Å². The van der Waals surface area contributed by atoms with Crippen molar-refractivity contribution >= 4 is 22.9 Å². The van der Waals surface area contributed by atoms with Crippen LogP contribution in [0.25, 0.3) is 16.7 Å². The number of rotatable bonds is 3. The molecule has 29 heavy (non-hydrogen) atoms. The van der Waals surface area contributed by atoms with Crippen molar-refractivity contribution in [3.8, 4) is 5.69 Å². The van der Waals surface area contributed by atoms with Crippen molar-refractivity contribution in [3.63, 3.8) is 0 Å². The molecule has 7 nitrogen and oxygen atoms in total.